The first-order valence-corrected chi connectivity index (χ1v) is 6.55. The van der Waals surface area contributed by atoms with Crippen molar-refractivity contribution < 1.29 is 9.50 Å². The summed E-state index contributed by atoms with van der Waals surface area (Å²) in [4.78, 5) is 0. The molecule has 0 amide bonds. The van der Waals surface area contributed by atoms with Crippen molar-refractivity contribution in [2.24, 2.45) is 5.41 Å². The molecule has 1 aromatic carbocycles. The lowest BCUT2D eigenvalue weighted by Gasteiger charge is -2.53. The van der Waals surface area contributed by atoms with Crippen molar-refractivity contribution in [1.29, 1.82) is 0 Å². The van der Waals surface area contributed by atoms with Gasteiger partial charge in [-0.2, -0.15) is 0 Å². The summed E-state index contributed by atoms with van der Waals surface area (Å²) in [5.74, 6) is -0.124. The zero-order valence-corrected chi connectivity index (χ0v) is 10.1. The Morgan fingerprint density at radius 3 is 2.24 bits per heavy atom. The molecular formula is C15H19FO. The molecule has 0 aliphatic heterocycles. The number of aliphatic hydroxyl groups is 1. The fourth-order valence-corrected chi connectivity index (χ4v) is 3.75. The Labute approximate surface area is 102 Å². The minimum atomic E-state index is -0.124. The van der Waals surface area contributed by atoms with Crippen molar-refractivity contribution in [2.75, 3.05) is 6.61 Å². The molecule has 2 bridgehead atoms. The first-order chi connectivity index (χ1) is 8.18. The predicted molar refractivity (Wildman–Crippen MR) is 65.3 cm³/mol. The molecule has 17 heavy (non-hydrogen) atoms. The highest BCUT2D eigenvalue weighted by molar-refractivity contribution is 5.28. The molecule has 0 spiro atoms. The summed E-state index contributed by atoms with van der Waals surface area (Å²) in [7, 11) is 0. The number of fused-ring (bicyclic) bond motifs is 3. The second-order valence-corrected chi connectivity index (χ2v) is 5.95. The van der Waals surface area contributed by atoms with E-state index >= 15 is 0 Å². The lowest BCUT2D eigenvalue weighted by molar-refractivity contribution is -0.00696. The SMILES string of the molecule is OCC12CCC(c3cccc(F)c3)(CC1)CC2. The summed E-state index contributed by atoms with van der Waals surface area (Å²) >= 11 is 0. The van der Waals surface area contributed by atoms with Crippen molar-refractivity contribution in [3.8, 4) is 0 Å². The summed E-state index contributed by atoms with van der Waals surface area (Å²) in [6.45, 7) is 0.326. The van der Waals surface area contributed by atoms with E-state index < -0.39 is 0 Å². The third-order valence-electron chi connectivity index (χ3n) is 5.17. The molecule has 1 N–H and O–H groups in total. The van der Waals surface area contributed by atoms with Crippen molar-refractivity contribution in [3.63, 3.8) is 0 Å². The van der Waals surface area contributed by atoms with E-state index in [1.54, 1.807) is 6.07 Å². The third-order valence-corrected chi connectivity index (χ3v) is 5.17. The molecule has 2 heteroatoms. The molecule has 0 heterocycles. The van der Waals surface area contributed by atoms with Gasteiger partial charge in [0, 0.05) is 6.61 Å². The van der Waals surface area contributed by atoms with E-state index in [-0.39, 0.29) is 16.6 Å². The standard InChI is InChI=1S/C15H19FO/c16-13-3-1-2-12(10-13)15-7-4-14(11-17,5-8-15)6-9-15/h1-3,10,17H,4-9,11H2. The van der Waals surface area contributed by atoms with Gasteiger partial charge in [0.25, 0.3) is 0 Å². The van der Waals surface area contributed by atoms with E-state index in [0.29, 0.717) is 6.61 Å². The van der Waals surface area contributed by atoms with Gasteiger partial charge in [-0.3, -0.25) is 0 Å². The monoisotopic (exact) mass is 234 g/mol. The van der Waals surface area contributed by atoms with Crippen LogP contribution in [0.3, 0.4) is 0 Å². The molecule has 0 saturated heterocycles. The first kappa shape index (κ1) is 11.2. The third kappa shape index (κ3) is 1.70. The van der Waals surface area contributed by atoms with E-state index in [2.05, 4.69) is 6.07 Å². The average molecular weight is 234 g/mol. The minimum Gasteiger partial charge on any atom is -0.396 e. The van der Waals surface area contributed by atoms with Crippen molar-refractivity contribution >= 4 is 0 Å². The van der Waals surface area contributed by atoms with Gasteiger partial charge in [-0.15, -0.1) is 0 Å². The highest BCUT2D eigenvalue weighted by atomic mass is 19.1. The van der Waals surface area contributed by atoms with Crippen LogP contribution in [0.1, 0.15) is 44.1 Å². The van der Waals surface area contributed by atoms with Crippen LogP contribution >= 0.6 is 0 Å². The van der Waals surface area contributed by atoms with Crippen LogP contribution in [-0.2, 0) is 5.41 Å². The maximum atomic E-state index is 13.3. The van der Waals surface area contributed by atoms with Gasteiger partial charge in [0.2, 0.25) is 0 Å². The molecule has 92 valence electrons. The molecule has 4 rings (SSSR count). The zero-order valence-electron chi connectivity index (χ0n) is 10.1. The van der Waals surface area contributed by atoms with E-state index in [9.17, 15) is 9.50 Å². The molecule has 3 fully saturated rings. The van der Waals surface area contributed by atoms with E-state index in [4.69, 9.17) is 0 Å². The molecule has 1 nitrogen and oxygen atoms in total. The molecular weight excluding hydrogens is 215 g/mol. The Hall–Kier alpha value is -0.890. The van der Waals surface area contributed by atoms with Gasteiger partial charge in [0.1, 0.15) is 5.82 Å². The summed E-state index contributed by atoms with van der Waals surface area (Å²) in [5, 5.41) is 9.50. The van der Waals surface area contributed by atoms with Gasteiger partial charge >= 0.3 is 0 Å². The van der Waals surface area contributed by atoms with E-state index in [1.165, 1.54) is 11.6 Å². The zero-order chi connectivity index (χ0) is 11.9. The number of hydrogen-bond donors (Lipinski definition) is 1. The smallest absolute Gasteiger partial charge is 0.123 e. The van der Waals surface area contributed by atoms with Crippen LogP contribution in [0.4, 0.5) is 4.39 Å². The Balaban J connectivity index is 1.90. The molecule has 0 aromatic heterocycles. The van der Waals surface area contributed by atoms with E-state index in [0.717, 1.165) is 38.5 Å². The fraction of sp³-hybridized carbons (Fsp3) is 0.600. The fourth-order valence-electron chi connectivity index (χ4n) is 3.75. The summed E-state index contributed by atoms with van der Waals surface area (Å²) in [6, 6.07) is 7.11. The van der Waals surface area contributed by atoms with Crippen molar-refractivity contribution in [2.45, 2.75) is 43.9 Å². The van der Waals surface area contributed by atoms with E-state index in [1.807, 2.05) is 6.07 Å². The van der Waals surface area contributed by atoms with Crippen LogP contribution in [0, 0.1) is 11.2 Å². The van der Waals surface area contributed by atoms with Gasteiger partial charge in [-0.25, -0.2) is 4.39 Å². The lowest BCUT2D eigenvalue weighted by atomic mass is 9.52. The van der Waals surface area contributed by atoms with Crippen LogP contribution in [0.25, 0.3) is 0 Å². The number of benzene rings is 1. The van der Waals surface area contributed by atoms with Crippen molar-refractivity contribution in [3.05, 3.63) is 35.6 Å². The molecule has 3 aliphatic carbocycles. The molecule has 3 aliphatic rings. The van der Waals surface area contributed by atoms with Crippen LogP contribution in [-0.4, -0.2) is 11.7 Å². The average Bonchev–Trinajstić information content (AvgIpc) is 2.41. The van der Waals surface area contributed by atoms with Crippen LogP contribution < -0.4 is 0 Å². The Bertz CT molecular complexity index is 402. The molecule has 1 aromatic rings. The first-order valence-electron chi connectivity index (χ1n) is 6.55. The predicted octanol–water partition coefficient (Wildman–Crippen LogP) is 3.41. The number of halogens is 1. The Kier molecular flexibility index (Phi) is 2.51. The van der Waals surface area contributed by atoms with Crippen molar-refractivity contribution in [1.82, 2.24) is 0 Å². The second kappa shape index (κ2) is 3.81. The quantitative estimate of drug-likeness (QED) is 0.831. The number of aliphatic hydroxyl groups excluding tert-OH is 1. The van der Waals surface area contributed by atoms with Crippen LogP contribution in [0.2, 0.25) is 0 Å². The molecule has 0 atom stereocenters. The molecule has 3 saturated carbocycles. The van der Waals surface area contributed by atoms with Gasteiger partial charge in [0.05, 0.1) is 0 Å². The summed E-state index contributed by atoms with van der Waals surface area (Å²) in [5.41, 5.74) is 1.55. The van der Waals surface area contributed by atoms with Gasteiger partial charge in [-0.1, -0.05) is 12.1 Å². The molecule has 0 unspecified atom stereocenters. The lowest BCUT2D eigenvalue weighted by Crippen LogP contribution is -2.45. The maximum Gasteiger partial charge on any atom is 0.123 e. The highest BCUT2D eigenvalue weighted by Crippen LogP contribution is 2.57. The largest absolute Gasteiger partial charge is 0.396 e. The second-order valence-electron chi connectivity index (χ2n) is 5.95. The topological polar surface area (TPSA) is 20.2 Å². The highest BCUT2D eigenvalue weighted by Gasteiger charge is 2.48. The maximum absolute atomic E-state index is 13.3. The van der Waals surface area contributed by atoms with Gasteiger partial charge < -0.3 is 5.11 Å². The van der Waals surface area contributed by atoms with Gasteiger partial charge in [0.15, 0.2) is 0 Å². The van der Waals surface area contributed by atoms with Crippen LogP contribution in [0.15, 0.2) is 24.3 Å². The van der Waals surface area contributed by atoms with Gasteiger partial charge in [-0.05, 0) is 67.1 Å². The normalized spacial score (nSPS) is 36.1. The Morgan fingerprint density at radius 2 is 1.71 bits per heavy atom. The number of rotatable bonds is 2. The Morgan fingerprint density at radius 1 is 1.06 bits per heavy atom. The minimum absolute atomic E-state index is 0.124. The summed E-state index contributed by atoms with van der Waals surface area (Å²) in [6.07, 6.45) is 6.62. The summed E-state index contributed by atoms with van der Waals surface area (Å²) < 4.78 is 13.3. The van der Waals surface area contributed by atoms with Crippen LogP contribution in [0.5, 0.6) is 0 Å². The number of hydrogen-bond acceptors (Lipinski definition) is 1. The molecule has 0 radical (unpaired) electrons.